The maximum atomic E-state index is 11.7. The van der Waals surface area contributed by atoms with E-state index in [2.05, 4.69) is 24.8 Å². The number of hydrogen-bond donors (Lipinski definition) is 0. The lowest BCUT2D eigenvalue weighted by Gasteiger charge is -2.22. The summed E-state index contributed by atoms with van der Waals surface area (Å²) in [6.45, 7) is 5.32. The van der Waals surface area contributed by atoms with Crippen LogP contribution >= 0.6 is 11.3 Å². The van der Waals surface area contributed by atoms with Crippen LogP contribution in [0.15, 0.2) is 17.6 Å². The molecule has 0 N–H and O–H groups in total. The van der Waals surface area contributed by atoms with E-state index in [1.807, 2.05) is 18.5 Å². The summed E-state index contributed by atoms with van der Waals surface area (Å²) < 4.78 is 4.76. The summed E-state index contributed by atoms with van der Waals surface area (Å²) in [5.74, 6) is 0.155. The predicted octanol–water partition coefficient (Wildman–Crippen LogP) is 1.74. The smallest absolute Gasteiger partial charge is 0.356 e. The van der Waals surface area contributed by atoms with Gasteiger partial charge >= 0.3 is 5.97 Å². The molecular weight excluding hydrogens is 314 g/mol. The summed E-state index contributed by atoms with van der Waals surface area (Å²) >= 11 is 1.65. The van der Waals surface area contributed by atoms with Crippen LogP contribution in [0, 0.1) is 6.92 Å². The van der Waals surface area contributed by atoms with E-state index < -0.39 is 5.97 Å². The molecule has 2 aromatic heterocycles. The van der Waals surface area contributed by atoms with E-state index in [4.69, 9.17) is 4.74 Å². The zero-order chi connectivity index (χ0) is 16.2. The van der Waals surface area contributed by atoms with Gasteiger partial charge < -0.3 is 14.5 Å². The molecule has 1 saturated heterocycles. The number of aromatic nitrogens is 3. The van der Waals surface area contributed by atoms with Gasteiger partial charge in [0, 0.05) is 43.4 Å². The second kappa shape index (κ2) is 6.91. The van der Waals surface area contributed by atoms with Gasteiger partial charge in [-0.05, 0) is 19.4 Å². The van der Waals surface area contributed by atoms with Crippen LogP contribution in [-0.4, -0.2) is 54.2 Å². The number of hydrogen-bond acceptors (Lipinski definition) is 8. The Bertz CT molecular complexity index is 677. The van der Waals surface area contributed by atoms with E-state index in [0.717, 1.165) is 43.4 Å². The SMILES string of the molecule is COC(=O)c1cc(C)nc(N2CCCN(c3nccs3)CC2)n1. The molecule has 1 aliphatic rings. The number of aryl methyl sites for hydroxylation is 1. The van der Waals surface area contributed by atoms with Crippen LogP contribution < -0.4 is 9.80 Å². The Morgan fingerprint density at radius 1 is 1.22 bits per heavy atom. The third kappa shape index (κ3) is 3.58. The Kier molecular flexibility index (Phi) is 4.71. The summed E-state index contributed by atoms with van der Waals surface area (Å²) in [6.07, 6.45) is 2.82. The normalized spacial score (nSPS) is 15.4. The summed E-state index contributed by atoms with van der Waals surface area (Å²) in [5.41, 5.74) is 1.06. The molecule has 0 saturated carbocycles. The molecule has 8 heteroatoms. The van der Waals surface area contributed by atoms with Crippen LogP contribution in [0.1, 0.15) is 22.6 Å². The van der Waals surface area contributed by atoms with Gasteiger partial charge in [0.05, 0.1) is 7.11 Å². The second-order valence-electron chi connectivity index (χ2n) is 5.33. The van der Waals surface area contributed by atoms with E-state index in [1.54, 1.807) is 17.4 Å². The van der Waals surface area contributed by atoms with Gasteiger partial charge in [-0.25, -0.2) is 19.7 Å². The van der Waals surface area contributed by atoms with Gasteiger partial charge in [-0.1, -0.05) is 0 Å². The minimum absolute atomic E-state index is 0.302. The van der Waals surface area contributed by atoms with Crippen molar-refractivity contribution in [1.82, 2.24) is 15.0 Å². The number of esters is 1. The van der Waals surface area contributed by atoms with Crippen LogP contribution in [0.4, 0.5) is 11.1 Å². The Hall–Kier alpha value is -2.22. The standard InChI is InChI=1S/C15H19N5O2S/c1-11-10-12(13(21)22-2)18-14(17-11)19-5-3-6-20(8-7-19)15-16-4-9-23-15/h4,9-10H,3,5-8H2,1-2H3. The van der Waals surface area contributed by atoms with Crippen molar-refractivity contribution in [1.29, 1.82) is 0 Å². The van der Waals surface area contributed by atoms with Crippen molar-refractivity contribution in [3.05, 3.63) is 29.0 Å². The van der Waals surface area contributed by atoms with Crippen molar-refractivity contribution >= 4 is 28.4 Å². The summed E-state index contributed by atoms with van der Waals surface area (Å²) in [4.78, 5) is 29.3. The monoisotopic (exact) mass is 333 g/mol. The largest absolute Gasteiger partial charge is 0.464 e. The Morgan fingerprint density at radius 3 is 2.74 bits per heavy atom. The fourth-order valence-electron chi connectivity index (χ4n) is 2.58. The topological polar surface area (TPSA) is 71.5 Å². The molecule has 3 heterocycles. The average molecular weight is 333 g/mol. The van der Waals surface area contributed by atoms with Crippen molar-refractivity contribution in [2.45, 2.75) is 13.3 Å². The molecule has 0 bridgehead atoms. The molecule has 0 atom stereocenters. The summed E-state index contributed by atoms with van der Waals surface area (Å²) in [7, 11) is 1.36. The second-order valence-corrected chi connectivity index (χ2v) is 6.20. The number of carbonyl (C=O) groups excluding carboxylic acids is 1. The third-order valence-electron chi connectivity index (χ3n) is 3.71. The van der Waals surface area contributed by atoms with E-state index in [-0.39, 0.29) is 0 Å². The van der Waals surface area contributed by atoms with Gasteiger partial charge in [0.1, 0.15) is 0 Å². The zero-order valence-corrected chi connectivity index (χ0v) is 14.0. The lowest BCUT2D eigenvalue weighted by molar-refractivity contribution is 0.0593. The highest BCUT2D eigenvalue weighted by Crippen LogP contribution is 2.20. The van der Waals surface area contributed by atoms with Crippen molar-refractivity contribution in [2.24, 2.45) is 0 Å². The van der Waals surface area contributed by atoms with Gasteiger partial charge in [-0.3, -0.25) is 0 Å². The van der Waals surface area contributed by atoms with Crippen LogP contribution in [0.3, 0.4) is 0 Å². The van der Waals surface area contributed by atoms with E-state index in [0.29, 0.717) is 11.6 Å². The molecule has 0 aromatic carbocycles. The fraction of sp³-hybridized carbons (Fsp3) is 0.467. The maximum absolute atomic E-state index is 11.7. The van der Waals surface area contributed by atoms with Gasteiger partial charge in [-0.2, -0.15) is 0 Å². The van der Waals surface area contributed by atoms with Crippen molar-refractivity contribution in [3.8, 4) is 0 Å². The zero-order valence-electron chi connectivity index (χ0n) is 13.2. The number of methoxy groups -OCH3 is 1. The first-order valence-corrected chi connectivity index (χ1v) is 8.39. The highest BCUT2D eigenvalue weighted by Gasteiger charge is 2.20. The molecule has 1 aliphatic heterocycles. The van der Waals surface area contributed by atoms with E-state index >= 15 is 0 Å². The number of ether oxygens (including phenoxy) is 1. The van der Waals surface area contributed by atoms with Gasteiger partial charge in [0.25, 0.3) is 0 Å². The third-order valence-corrected chi connectivity index (χ3v) is 4.54. The molecule has 1 fully saturated rings. The molecule has 2 aromatic rings. The molecule has 0 radical (unpaired) electrons. The van der Waals surface area contributed by atoms with E-state index in [1.165, 1.54) is 7.11 Å². The van der Waals surface area contributed by atoms with Crippen LogP contribution in [0.25, 0.3) is 0 Å². The Morgan fingerprint density at radius 2 is 2.00 bits per heavy atom. The van der Waals surface area contributed by atoms with E-state index in [9.17, 15) is 4.79 Å². The van der Waals surface area contributed by atoms with Gasteiger partial charge in [0.15, 0.2) is 10.8 Å². The fourth-order valence-corrected chi connectivity index (χ4v) is 3.28. The van der Waals surface area contributed by atoms with Crippen molar-refractivity contribution in [3.63, 3.8) is 0 Å². The molecule has 0 unspecified atom stereocenters. The molecule has 7 nitrogen and oxygen atoms in total. The van der Waals surface area contributed by atoms with Gasteiger partial charge in [0.2, 0.25) is 5.95 Å². The maximum Gasteiger partial charge on any atom is 0.356 e. The van der Waals surface area contributed by atoms with Gasteiger partial charge in [-0.15, -0.1) is 11.3 Å². The molecule has 0 spiro atoms. The lowest BCUT2D eigenvalue weighted by Crippen LogP contribution is -2.32. The number of rotatable bonds is 3. The highest BCUT2D eigenvalue weighted by molar-refractivity contribution is 7.13. The Balaban J connectivity index is 1.77. The first-order valence-electron chi connectivity index (χ1n) is 7.51. The summed E-state index contributed by atoms with van der Waals surface area (Å²) in [5, 5.41) is 3.04. The Labute approximate surface area is 138 Å². The molecule has 0 amide bonds. The first kappa shape index (κ1) is 15.7. The quantitative estimate of drug-likeness (QED) is 0.792. The van der Waals surface area contributed by atoms with Crippen LogP contribution in [0.5, 0.6) is 0 Å². The highest BCUT2D eigenvalue weighted by atomic mass is 32.1. The molecule has 3 rings (SSSR count). The minimum Gasteiger partial charge on any atom is -0.464 e. The predicted molar refractivity (Wildman–Crippen MR) is 89.3 cm³/mol. The van der Waals surface area contributed by atoms with Crippen LogP contribution in [0.2, 0.25) is 0 Å². The number of nitrogens with zero attached hydrogens (tertiary/aromatic N) is 5. The van der Waals surface area contributed by atoms with Crippen LogP contribution in [-0.2, 0) is 4.74 Å². The molecule has 23 heavy (non-hydrogen) atoms. The lowest BCUT2D eigenvalue weighted by atomic mass is 10.3. The summed E-state index contributed by atoms with van der Waals surface area (Å²) in [6, 6.07) is 1.65. The average Bonchev–Trinajstić information content (AvgIpc) is 2.98. The molecular formula is C15H19N5O2S. The van der Waals surface area contributed by atoms with Crippen molar-refractivity contribution in [2.75, 3.05) is 43.1 Å². The molecule has 0 aliphatic carbocycles. The number of thiazole rings is 1. The molecule has 122 valence electrons. The minimum atomic E-state index is -0.434. The number of carbonyl (C=O) groups is 1. The first-order chi connectivity index (χ1) is 11.2. The number of anilines is 2. The van der Waals surface area contributed by atoms with Crippen molar-refractivity contribution < 1.29 is 9.53 Å².